The Balaban J connectivity index is 1.11. The summed E-state index contributed by atoms with van der Waals surface area (Å²) in [5.41, 5.74) is 20.7. The van der Waals surface area contributed by atoms with Crippen molar-refractivity contribution in [3.8, 4) is 0 Å². The lowest BCUT2D eigenvalue weighted by Gasteiger charge is -2.36. The molecule has 0 atom stereocenters. The number of fused-ring (bicyclic) bond motifs is 1. The van der Waals surface area contributed by atoms with Gasteiger partial charge in [-0.25, -0.2) is 9.37 Å². The van der Waals surface area contributed by atoms with Crippen molar-refractivity contribution in [3.63, 3.8) is 0 Å². The summed E-state index contributed by atoms with van der Waals surface area (Å²) in [6, 6.07) is 36.7. The zero-order chi connectivity index (χ0) is 39.0. The number of halogens is 1. The normalized spacial score (nSPS) is 13.3. The minimum absolute atomic E-state index is 0.0530. The monoisotopic (exact) mass is 750 g/mol. The number of hydrogen-bond acceptors (Lipinski definition) is 6. The van der Waals surface area contributed by atoms with Crippen LogP contribution < -0.4 is 16.4 Å². The van der Waals surface area contributed by atoms with Crippen LogP contribution in [0.2, 0.25) is 0 Å². The molecule has 0 unspecified atom stereocenters. The van der Waals surface area contributed by atoms with Crippen LogP contribution in [0.5, 0.6) is 0 Å². The van der Waals surface area contributed by atoms with E-state index in [2.05, 4.69) is 45.6 Å². The molecule has 56 heavy (non-hydrogen) atoms. The number of amides is 1. The van der Waals surface area contributed by atoms with E-state index in [-0.39, 0.29) is 24.1 Å². The Hall–Kier alpha value is -5.84. The summed E-state index contributed by atoms with van der Waals surface area (Å²) in [6.07, 6.45) is 2.45. The molecule has 0 radical (unpaired) electrons. The van der Waals surface area contributed by atoms with Gasteiger partial charge in [0.2, 0.25) is 0 Å². The number of carbonyl (C=O) groups excluding carboxylic acids is 1. The first-order chi connectivity index (χ1) is 27.2. The number of aryl methyl sites for hydroxylation is 4. The summed E-state index contributed by atoms with van der Waals surface area (Å²) in [7, 11) is 0. The third-order valence-corrected chi connectivity index (χ3v) is 10.9. The molecule has 1 amide bonds. The van der Waals surface area contributed by atoms with Crippen LogP contribution in [-0.2, 0) is 39.0 Å². The fourth-order valence-corrected chi connectivity index (χ4v) is 7.66. The Bertz CT molecular complexity index is 2280. The lowest BCUT2D eigenvalue weighted by molar-refractivity contribution is 0.0728. The number of hydrogen-bond donors (Lipinski definition) is 3. The third kappa shape index (κ3) is 9.16. The van der Waals surface area contributed by atoms with Crippen LogP contribution in [0.1, 0.15) is 56.0 Å². The van der Waals surface area contributed by atoms with Crippen LogP contribution in [-0.4, -0.2) is 63.8 Å². The summed E-state index contributed by atoms with van der Waals surface area (Å²) in [6.45, 7) is 8.92. The number of anilines is 1. The van der Waals surface area contributed by atoms with Crippen LogP contribution >= 0.6 is 0 Å². The minimum Gasteiger partial charge on any atom is -0.384 e. The first-order valence-corrected chi connectivity index (χ1v) is 19.5. The Labute approximate surface area is 328 Å². The van der Waals surface area contributed by atoms with E-state index in [0.717, 1.165) is 85.7 Å². The molecule has 288 valence electrons. The Morgan fingerprint density at radius 1 is 0.786 bits per heavy atom. The van der Waals surface area contributed by atoms with Crippen LogP contribution in [0, 0.1) is 18.2 Å². The van der Waals surface area contributed by atoms with Gasteiger partial charge in [-0.05, 0) is 78.9 Å². The number of nitrogen functional groups attached to an aromatic ring is 1. The molecule has 1 aliphatic rings. The first kappa shape index (κ1) is 38.4. The molecule has 1 aliphatic heterocycles. The largest absolute Gasteiger partial charge is 0.384 e. The molecule has 1 saturated heterocycles. The molecule has 9 nitrogen and oxygen atoms in total. The van der Waals surface area contributed by atoms with E-state index in [1.54, 1.807) is 23.1 Å². The van der Waals surface area contributed by atoms with Crippen molar-refractivity contribution in [2.45, 2.75) is 52.4 Å². The van der Waals surface area contributed by atoms with Gasteiger partial charge >= 0.3 is 0 Å². The summed E-state index contributed by atoms with van der Waals surface area (Å²) < 4.78 is 17.2. The topological polar surface area (TPSA) is 120 Å². The number of nitrogens with one attached hydrogen (secondary N) is 1. The Kier molecular flexibility index (Phi) is 12.2. The van der Waals surface area contributed by atoms with Gasteiger partial charge in [0.25, 0.3) is 5.91 Å². The van der Waals surface area contributed by atoms with Gasteiger partial charge in [-0.3, -0.25) is 15.1 Å². The molecule has 7 rings (SSSR count). The maximum absolute atomic E-state index is 14.9. The molecule has 0 bridgehead atoms. The molecule has 6 aromatic rings. The van der Waals surface area contributed by atoms with Gasteiger partial charge in [0.15, 0.2) is 0 Å². The van der Waals surface area contributed by atoms with Gasteiger partial charge < -0.3 is 25.8 Å². The lowest BCUT2D eigenvalue weighted by Crippen LogP contribution is -2.47. The van der Waals surface area contributed by atoms with Crippen molar-refractivity contribution in [2.24, 2.45) is 11.5 Å². The van der Waals surface area contributed by atoms with E-state index in [0.29, 0.717) is 36.2 Å². The number of imidazole rings is 1. The SMILES string of the molecule is Cc1ccccc1N1CCN(CCCn2c(CCc3ccc(C(=N)N)cc3)nc3cc(C(=O)N(Cc4ccc(CN)cc4)Cc4ccccc4F)ccc32)CC1. The molecule has 0 aliphatic carbocycles. The Morgan fingerprint density at radius 2 is 1.46 bits per heavy atom. The molecular weight excluding hydrogens is 700 g/mol. The average molecular weight is 751 g/mol. The van der Waals surface area contributed by atoms with Crippen molar-refractivity contribution < 1.29 is 9.18 Å². The number of rotatable bonds is 15. The highest BCUT2D eigenvalue weighted by atomic mass is 19.1. The van der Waals surface area contributed by atoms with E-state index < -0.39 is 0 Å². The molecule has 0 saturated carbocycles. The summed E-state index contributed by atoms with van der Waals surface area (Å²) in [5.74, 6) is 0.487. The zero-order valence-corrected chi connectivity index (χ0v) is 32.1. The molecule has 10 heteroatoms. The number of nitrogens with two attached hydrogens (primary N) is 2. The highest BCUT2D eigenvalue weighted by Gasteiger charge is 2.22. The molecule has 1 fully saturated rings. The molecule has 5 aromatic carbocycles. The first-order valence-electron chi connectivity index (χ1n) is 19.5. The standard InChI is InChI=1S/C46H51FN8O/c1-33-7-2-5-10-42(33)53-27-25-52(26-28-53)23-6-24-55-43-21-20-38(29-41(43)51-44(55)22-17-34-15-18-37(19-16-34)45(49)50)46(56)54(32-39-8-3-4-9-40(39)47)31-36-13-11-35(30-48)12-14-36/h2-5,7-16,18-21,29H,6,17,22-28,30-32,48H2,1H3,(H3,49,50). The zero-order valence-electron chi connectivity index (χ0n) is 32.1. The fraction of sp³-hybridized carbons (Fsp3) is 0.283. The number of nitrogens with zero attached hydrogens (tertiary/aromatic N) is 5. The maximum Gasteiger partial charge on any atom is 0.254 e. The van der Waals surface area contributed by atoms with E-state index in [1.165, 1.54) is 17.3 Å². The van der Waals surface area contributed by atoms with Crippen molar-refractivity contribution in [2.75, 3.05) is 37.6 Å². The van der Waals surface area contributed by atoms with E-state index in [1.807, 2.05) is 66.7 Å². The third-order valence-electron chi connectivity index (χ3n) is 10.9. The average Bonchev–Trinajstić information content (AvgIpc) is 3.57. The number of aromatic nitrogens is 2. The highest BCUT2D eigenvalue weighted by Crippen LogP contribution is 2.25. The van der Waals surface area contributed by atoms with Crippen molar-refractivity contribution in [3.05, 3.63) is 166 Å². The smallest absolute Gasteiger partial charge is 0.254 e. The Morgan fingerprint density at radius 3 is 2.18 bits per heavy atom. The van der Waals surface area contributed by atoms with Gasteiger partial charge in [-0.2, -0.15) is 0 Å². The van der Waals surface area contributed by atoms with Crippen molar-refractivity contribution >= 4 is 28.5 Å². The quantitative estimate of drug-likeness (QED) is 0.0764. The molecular formula is C46H51FN8O. The van der Waals surface area contributed by atoms with Gasteiger partial charge in [-0.1, -0.05) is 84.9 Å². The van der Waals surface area contributed by atoms with E-state index in [9.17, 15) is 9.18 Å². The predicted octanol–water partition coefficient (Wildman–Crippen LogP) is 7.07. The lowest BCUT2D eigenvalue weighted by atomic mass is 10.1. The second-order valence-corrected chi connectivity index (χ2v) is 14.7. The van der Waals surface area contributed by atoms with Crippen molar-refractivity contribution in [1.82, 2.24) is 19.4 Å². The van der Waals surface area contributed by atoms with Crippen LogP contribution in [0.25, 0.3) is 11.0 Å². The van der Waals surface area contributed by atoms with Gasteiger partial charge in [0.1, 0.15) is 17.5 Å². The minimum atomic E-state index is -0.341. The van der Waals surface area contributed by atoms with Gasteiger partial charge in [0.05, 0.1) is 11.0 Å². The van der Waals surface area contributed by atoms with Gasteiger partial charge in [0, 0.05) is 81.2 Å². The summed E-state index contributed by atoms with van der Waals surface area (Å²) >= 11 is 0. The summed E-state index contributed by atoms with van der Waals surface area (Å²) in [4.78, 5) is 26.2. The van der Waals surface area contributed by atoms with Crippen LogP contribution in [0.15, 0.2) is 115 Å². The van der Waals surface area contributed by atoms with Crippen LogP contribution in [0.4, 0.5) is 10.1 Å². The molecule has 0 spiro atoms. The number of amidine groups is 1. The van der Waals surface area contributed by atoms with Crippen molar-refractivity contribution in [1.29, 1.82) is 5.41 Å². The second-order valence-electron chi connectivity index (χ2n) is 14.7. The maximum atomic E-state index is 14.9. The molecule has 1 aromatic heterocycles. The number of carbonyl (C=O) groups is 1. The molecule has 2 heterocycles. The molecule has 5 N–H and O–H groups in total. The second kappa shape index (κ2) is 17.7. The predicted molar refractivity (Wildman–Crippen MR) is 223 cm³/mol. The van der Waals surface area contributed by atoms with Gasteiger partial charge in [-0.15, -0.1) is 0 Å². The number of piperazine rings is 1. The summed E-state index contributed by atoms with van der Waals surface area (Å²) in [5, 5.41) is 7.75. The number of para-hydroxylation sites is 1. The number of benzene rings is 5. The highest BCUT2D eigenvalue weighted by molar-refractivity contribution is 5.97. The van der Waals surface area contributed by atoms with Crippen LogP contribution in [0.3, 0.4) is 0 Å². The van der Waals surface area contributed by atoms with E-state index in [4.69, 9.17) is 21.9 Å². The fourth-order valence-electron chi connectivity index (χ4n) is 7.66. The van der Waals surface area contributed by atoms with E-state index >= 15 is 0 Å².